The first-order chi connectivity index (χ1) is 8.24. The van der Waals surface area contributed by atoms with Crippen molar-refractivity contribution in [2.75, 3.05) is 0 Å². The van der Waals surface area contributed by atoms with Crippen molar-refractivity contribution in [3.05, 3.63) is 18.2 Å². The highest BCUT2D eigenvalue weighted by Gasteiger charge is 2.04. The van der Waals surface area contributed by atoms with E-state index < -0.39 is 0 Å². The maximum Gasteiger partial charge on any atom is 0.110 e. The number of nitrogens with two attached hydrogens (primary N) is 1. The average Bonchev–Trinajstić information content (AvgIpc) is 2.70. The number of imidazole rings is 1. The zero-order valence-electron chi connectivity index (χ0n) is 11.4. The Labute approximate surface area is 105 Å². The molecule has 2 N–H and O–H groups in total. The highest BCUT2D eigenvalue weighted by molar-refractivity contribution is 4.94. The maximum atomic E-state index is 5.81. The topological polar surface area (TPSA) is 43.8 Å². The molecule has 3 heteroatoms. The molecule has 0 fully saturated rings. The van der Waals surface area contributed by atoms with Gasteiger partial charge in [-0.2, -0.15) is 0 Å². The van der Waals surface area contributed by atoms with Crippen molar-refractivity contribution in [2.45, 2.75) is 71.4 Å². The second-order valence-corrected chi connectivity index (χ2v) is 4.99. The summed E-state index contributed by atoms with van der Waals surface area (Å²) < 4.78 is 2.25. The van der Waals surface area contributed by atoms with Gasteiger partial charge in [-0.3, -0.25) is 0 Å². The number of hydrogen-bond acceptors (Lipinski definition) is 2. The van der Waals surface area contributed by atoms with E-state index >= 15 is 0 Å². The fraction of sp³-hybridized carbons (Fsp3) is 0.786. The largest absolute Gasteiger partial charge is 0.335 e. The van der Waals surface area contributed by atoms with Gasteiger partial charge in [-0.25, -0.2) is 4.98 Å². The predicted octanol–water partition coefficient (Wildman–Crippen LogP) is 3.13. The van der Waals surface area contributed by atoms with E-state index in [-0.39, 0.29) is 6.04 Å². The Bertz CT molecular complexity index is 291. The van der Waals surface area contributed by atoms with Gasteiger partial charge in [-0.1, -0.05) is 39.0 Å². The van der Waals surface area contributed by atoms with Crippen molar-refractivity contribution < 1.29 is 0 Å². The van der Waals surface area contributed by atoms with E-state index in [1.54, 1.807) is 0 Å². The highest BCUT2D eigenvalue weighted by Crippen LogP contribution is 2.08. The second kappa shape index (κ2) is 8.29. The van der Waals surface area contributed by atoms with Gasteiger partial charge in [0.2, 0.25) is 0 Å². The fourth-order valence-corrected chi connectivity index (χ4v) is 2.08. The molecule has 98 valence electrons. The molecule has 0 saturated heterocycles. The average molecular weight is 237 g/mol. The van der Waals surface area contributed by atoms with Crippen LogP contribution in [0.15, 0.2) is 12.4 Å². The van der Waals surface area contributed by atoms with Crippen LogP contribution in [0.3, 0.4) is 0 Å². The van der Waals surface area contributed by atoms with Gasteiger partial charge in [0.1, 0.15) is 5.82 Å². The van der Waals surface area contributed by atoms with Gasteiger partial charge in [0, 0.05) is 31.4 Å². The zero-order chi connectivity index (χ0) is 12.5. The van der Waals surface area contributed by atoms with E-state index in [0.717, 1.165) is 18.8 Å². The molecule has 0 aliphatic rings. The number of nitrogens with zero attached hydrogens (tertiary/aromatic N) is 2. The van der Waals surface area contributed by atoms with Crippen molar-refractivity contribution in [1.29, 1.82) is 0 Å². The Kier molecular flexibility index (Phi) is 6.94. The summed E-state index contributed by atoms with van der Waals surface area (Å²) in [5.74, 6) is 1.13. The lowest BCUT2D eigenvalue weighted by molar-refractivity contribution is 0.538. The first kappa shape index (κ1) is 14.2. The van der Waals surface area contributed by atoms with E-state index in [4.69, 9.17) is 5.73 Å². The molecule has 0 aromatic carbocycles. The molecule has 1 atom stereocenters. The molecule has 1 rings (SSSR count). The molecule has 0 amide bonds. The van der Waals surface area contributed by atoms with Crippen LogP contribution >= 0.6 is 0 Å². The third-order valence-corrected chi connectivity index (χ3v) is 3.06. The minimum Gasteiger partial charge on any atom is -0.335 e. The van der Waals surface area contributed by atoms with E-state index in [9.17, 15) is 0 Å². The van der Waals surface area contributed by atoms with Crippen LogP contribution in [0.1, 0.15) is 58.2 Å². The predicted molar refractivity (Wildman–Crippen MR) is 73.0 cm³/mol. The first-order valence-electron chi connectivity index (χ1n) is 6.99. The van der Waals surface area contributed by atoms with Crippen LogP contribution in [0.25, 0.3) is 0 Å². The molecule has 0 aliphatic carbocycles. The minimum absolute atomic E-state index is 0.195. The number of rotatable bonds is 9. The summed E-state index contributed by atoms with van der Waals surface area (Å²) in [5, 5.41) is 0. The normalized spacial score (nSPS) is 12.9. The standard InChI is InChI=1S/C14H27N3/c1-3-4-5-6-7-8-10-17-11-9-16-14(17)12-13(2)15/h9,11,13H,3-8,10,12,15H2,1-2H3. The number of hydrogen-bond donors (Lipinski definition) is 1. The summed E-state index contributed by atoms with van der Waals surface area (Å²) in [6, 6.07) is 0.195. The van der Waals surface area contributed by atoms with E-state index in [2.05, 4.69) is 22.7 Å². The van der Waals surface area contributed by atoms with Gasteiger partial charge in [0.25, 0.3) is 0 Å². The first-order valence-corrected chi connectivity index (χ1v) is 6.99. The van der Waals surface area contributed by atoms with E-state index in [0.29, 0.717) is 0 Å². The van der Waals surface area contributed by atoms with Crippen LogP contribution in [0.2, 0.25) is 0 Å². The minimum atomic E-state index is 0.195. The summed E-state index contributed by atoms with van der Waals surface area (Å²) in [7, 11) is 0. The summed E-state index contributed by atoms with van der Waals surface area (Å²) in [6.45, 7) is 5.38. The fourth-order valence-electron chi connectivity index (χ4n) is 2.08. The van der Waals surface area contributed by atoms with E-state index in [1.165, 1.54) is 38.5 Å². The van der Waals surface area contributed by atoms with Gasteiger partial charge in [0.05, 0.1) is 0 Å². The van der Waals surface area contributed by atoms with Gasteiger partial charge >= 0.3 is 0 Å². The van der Waals surface area contributed by atoms with Crippen LogP contribution in [-0.2, 0) is 13.0 Å². The Morgan fingerprint density at radius 2 is 1.94 bits per heavy atom. The molecule has 0 bridgehead atoms. The van der Waals surface area contributed by atoms with Crippen LogP contribution in [-0.4, -0.2) is 15.6 Å². The monoisotopic (exact) mass is 237 g/mol. The van der Waals surface area contributed by atoms with Crippen molar-refractivity contribution >= 4 is 0 Å². The van der Waals surface area contributed by atoms with Crippen molar-refractivity contribution in [3.8, 4) is 0 Å². The van der Waals surface area contributed by atoms with E-state index in [1.807, 2.05) is 13.1 Å². The lowest BCUT2D eigenvalue weighted by Gasteiger charge is -2.09. The highest BCUT2D eigenvalue weighted by atomic mass is 15.1. The molecular weight excluding hydrogens is 210 g/mol. The number of unbranched alkanes of at least 4 members (excludes halogenated alkanes) is 5. The maximum absolute atomic E-state index is 5.81. The zero-order valence-corrected chi connectivity index (χ0v) is 11.4. The van der Waals surface area contributed by atoms with Crippen molar-refractivity contribution in [3.63, 3.8) is 0 Å². The van der Waals surface area contributed by atoms with Gasteiger partial charge in [-0.15, -0.1) is 0 Å². The Morgan fingerprint density at radius 3 is 2.65 bits per heavy atom. The molecule has 17 heavy (non-hydrogen) atoms. The lowest BCUT2D eigenvalue weighted by Crippen LogP contribution is -2.20. The quantitative estimate of drug-likeness (QED) is 0.671. The summed E-state index contributed by atoms with van der Waals surface area (Å²) in [4.78, 5) is 4.37. The Hall–Kier alpha value is -0.830. The smallest absolute Gasteiger partial charge is 0.110 e. The second-order valence-electron chi connectivity index (χ2n) is 4.99. The van der Waals surface area contributed by atoms with Crippen LogP contribution in [0.4, 0.5) is 0 Å². The molecule has 1 heterocycles. The molecular formula is C14H27N3. The lowest BCUT2D eigenvalue weighted by atomic mass is 10.1. The summed E-state index contributed by atoms with van der Waals surface area (Å²) in [6.07, 6.45) is 12.9. The SMILES string of the molecule is CCCCCCCCn1ccnc1CC(C)N. The third kappa shape index (κ3) is 5.87. The van der Waals surface area contributed by atoms with Crippen LogP contribution < -0.4 is 5.73 Å². The van der Waals surface area contributed by atoms with Crippen LogP contribution in [0, 0.1) is 0 Å². The van der Waals surface area contributed by atoms with Gasteiger partial charge in [0.15, 0.2) is 0 Å². The molecule has 1 aromatic heterocycles. The molecule has 0 radical (unpaired) electrons. The van der Waals surface area contributed by atoms with Crippen LogP contribution in [0.5, 0.6) is 0 Å². The number of aromatic nitrogens is 2. The summed E-state index contributed by atoms with van der Waals surface area (Å²) in [5.41, 5.74) is 5.81. The molecule has 1 unspecified atom stereocenters. The summed E-state index contributed by atoms with van der Waals surface area (Å²) >= 11 is 0. The van der Waals surface area contributed by atoms with Gasteiger partial charge < -0.3 is 10.3 Å². The Morgan fingerprint density at radius 1 is 1.24 bits per heavy atom. The Balaban J connectivity index is 2.20. The third-order valence-electron chi connectivity index (χ3n) is 3.06. The van der Waals surface area contributed by atoms with Gasteiger partial charge in [-0.05, 0) is 13.3 Å². The number of aryl methyl sites for hydroxylation is 1. The molecule has 3 nitrogen and oxygen atoms in total. The molecule has 0 aliphatic heterocycles. The molecule has 1 aromatic rings. The molecule has 0 spiro atoms. The molecule has 0 saturated carbocycles. The van der Waals surface area contributed by atoms with Crippen molar-refractivity contribution in [2.24, 2.45) is 5.73 Å². The van der Waals surface area contributed by atoms with Crippen molar-refractivity contribution in [1.82, 2.24) is 9.55 Å².